The number of benzene rings is 1. The number of hydrogen-bond acceptors (Lipinski definition) is 5. The number of thioether (sulfide) groups is 1. The van der Waals surface area contributed by atoms with E-state index in [2.05, 4.69) is 53.0 Å². The van der Waals surface area contributed by atoms with E-state index in [-0.39, 0.29) is 5.78 Å². The van der Waals surface area contributed by atoms with E-state index >= 15 is 0 Å². The SMILES string of the molecule is CCn1c(C)cc(C(=O)CSc2nnnn2-c2ccc(C(C)C)cc2)c1C. The molecule has 0 aliphatic heterocycles. The van der Waals surface area contributed by atoms with Gasteiger partial charge in [0.05, 0.1) is 11.4 Å². The number of carbonyl (C=O) groups is 1. The summed E-state index contributed by atoms with van der Waals surface area (Å²) in [5, 5.41) is 12.6. The second kappa shape index (κ2) is 8.08. The summed E-state index contributed by atoms with van der Waals surface area (Å²) in [6.45, 7) is 11.3. The van der Waals surface area contributed by atoms with E-state index < -0.39 is 0 Å². The molecule has 0 amide bonds. The van der Waals surface area contributed by atoms with E-state index in [1.165, 1.54) is 17.3 Å². The second-order valence-electron chi connectivity index (χ2n) is 6.86. The minimum absolute atomic E-state index is 0.0949. The Labute approximate surface area is 164 Å². The van der Waals surface area contributed by atoms with Crippen LogP contribution in [0.25, 0.3) is 5.69 Å². The van der Waals surface area contributed by atoms with Crippen molar-refractivity contribution in [3.8, 4) is 5.69 Å². The van der Waals surface area contributed by atoms with Crippen molar-refractivity contribution in [3.05, 3.63) is 52.8 Å². The molecule has 0 spiro atoms. The van der Waals surface area contributed by atoms with Gasteiger partial charge in [-0.25, -0.2) is 0 Å². The molecule has 1 aromatic carbocycles. The standard InChI is InChI=1S/C20H25N5OS/c1-6-24-14(4)11-18(15(24)5)19(26)12-27-20-21-22-23-25(20)17-9-7-16(8-10-17)13(2)3/h7-11,13H,6,12H2,1-5H3. The van der Waals surface area contributed by atoms with Crippen LogP contribution in [0.5, 0.6) is 0 Å². The summed E-state index contributed by atoms with van der Waals surface area (Å²) >= 11 is 1.36. The topological polar surface area (TPSA) is 65.6 Å². The van der Waals surface area contributed by atoms with Gasteiger partial charge in [-0.05, 0) is 60.9 Å². The van der Waals surface area contributed by atoms with Crippen LogP contribution >= 0.6 is 11.8 Å². The zero-order valence-electron chi connectivity index (χ0n) is 16.4. The van der Waals surface area contributed by atoms with Gasteiger partial charge < -0.3 is 4.57 Å². The summed E-state index contributed by atoms with van der Waals surface area (Å²) in [4.78, 5) is 12.7. The van der Waals surface area contributed by atoms with Crippen LogP contribution in [0.1, 0.15) is 54.0 Å². The zero-order valence-corrected chi connectivity index (χ0v) is 17.2. The molecule has 0 aliphatic carbocycles. The summed E-state index contributed by atoms with van der Waals surface area (Å²) in [5.74, 6) is 0.873. The lowest BCUT2D eigenvalue weighted by Crippen LogP contribution is -2.07. The maximum Gasteiger partial charge on any atom is 0.214 e. The van der Waals surface area contributed by atoms with E-state index in [1.54, 1.807) is 4.68 Å². The summed E-state index contributed by atoms with van der Waals surface area (Å²) in [5.41, 5.74) is 5.07. The van der Waals surface area contributed by atoms with E-state index in [1.807, 2.05) is 32.0 Å². The van der Waals surface area contributed by atoms with Crippen LogP contribution in [0.15, 0.2) is 35.5 Å². The maximum atomic E-state index is 12.7. The van der Waals surface area contributed by atoms with Crippen molar-refractivity contribution in [1.82, 2.24) is 24.8 Å². The number of nitrogens with zero attached hydrogens (tertiary/aromatic N) is 5. The van der Waals surface area contributed by atoms with E-state index in [4.69, 9.17) is 0 Å². The highest BCUT2D eigenvalue weighted by atomic mass is 32.2. The first-order chi connectivity index (χ1) is 12.9. The lowest BCUT2D eigenvalue weighted by molar-refractivity contribution is 0.102. The largest absolute Gasteiger partial charge is 0.349 e. The lowest BCUT2D eigenvalue weighted by atomic mass is 10.0. The van der Waals surface area contributed by atoms with Crippen molar-refractivity contribution in [2.45, 2.75) is 52.2 Å². The molecular weight excluding hydrogens is 358 g/mol. The molecule has 0 bridgehead atoms. The van der Waals surface area contributed by atoms with Crippen LogP contribution in [-0.2, 0) is 6.54 Å². The number of rotatable bonds is 7. The van der Waals surface area contributed by atoms with Gasteiger partial charge >= 0.3 is 0 Å². The first-order valence-corrected chi connectivity index (χ1v) is 10.1. The third kappa shape index (κ3) is 3.98. The molecule has 0 unspecified atom stereocenters. The minimum atomic E-state index is 0.0949. The maximum absolute atomic E-state index is 12.7. The Morgan fingerprint density at radius 1 is 1.19 bits per heavy atom. The molecule has 2 aromatic heterocycles. The molecule has 0 radical (unpaired) electrons. The fourth-order valence-electron chi connectivity index (χ4n) is 3.21. The van der Waals surface area contributed by atoms with Gasteiger partial charge in [0.2, 0.25) is 5.16 Å². The number of hydrogen-bond donors (Lipinski definition) is 0. The summed E-state index contributed by atoms with van der Waals surface area (Å²) in [7, 11) is 0. The Balaban J connectivity index is 1.74. The molecule has 0 saturated carbocycles. The molecule has 7 heteroatoms. The molecule has 27 heavy (non-hydrogen) atoms. The summed E-state index contributed by atoms with van der Waals surface area (Å²) in [6.07, 6.45) is 0. The lowest BCUT2D eigenvalue weighted by Gasteiger charge is -2.08. The highest BCUT2D eigenvalue weighted by molar-refractivity contribution is 7.99. The first-order valence-electron chi connectivity index (χ1n) is 9.13. The average Bonchev–Trinajstić information content (AvgIpc) is 3.23. The van der Waals surface area contributed by atoms with Gasteiger partial charge in [0.15, 0.2) is 5.78 Å². The van der Waals surface area contributed by atoms with Crippen LogP contribution < -0.4 is 0 Å². The van der Waals surface area contributed by atoms with E-state index in [0.29, 0.717) is 16.8 Å². The molecule has 142 valence electrons. The Kier molecular flexibility index (Phi) is 5.79. The average molecular weight is 384 g/mol. The third-order valence-corrected chi connectivity index (χ3v) is 5.69. The molecule has 0 saturated heterocycles. The minimum Gasteiger partial charge on any atom is -0.349 e. The van der Waals surface area contributed by atoms with Gasteiger partial charge in [0, 0.05) is 23.5 Å². The van der Waals surface area contributed by atoms with E-state index in [0.717, 1.165) is 29.2 Å². The summed E-state index contributed by atoms with van der Waals surface area (Å²) in [6, 6.07) is 10.1. The van der Waals surface area contributed by atoms with Crippen LogP contribution in [-0.4, -0.2) is 36.3 Å². The Morgan fingerprint density at radius 3 is 2.48 bits per heavy atom. The summed E-state index contributed by atoms with van der Waals surface area (Å²) < 4.78 is 3.83. The van der Waals surface area contributed by atoms with Gasteiger partial charge in [-0.3, -0.25) is 4.79 Å². The molecule has 0 N–H and O–H groups in total. The van der Waals surface area contributed by atoms with Crippen molar-refractivity contribution >= 4 is 17.5 Å². The number of aryl methyl sites for hydroxylation is 1. The van der Waals surface area contributed by atoms with Gasteiger partial charge in [-0.15, -0.1) is 5.10 Å². The van der Waals surface area contributed by atoms with Gasteiger partial charge in [-0.1, -0.05) is 37.7 Å². The zero-order chi connectivity index (χ0) is 19.6. The van der Waals surface area contributed by atoms with Gasteiger partial charge in [0.25, 0.3) is 0 Å². The fourth-order valence-corrected chi connectivity index (χ4v) is 3.98. The Hall–Kier alpha value is -2.41. The van der Waals surface area contributed by atoms with Gasteiger partial charge in [0.1, 0.15) is 0 Å². The van der Waals surface area contributed by atoms with Crippen LogP contribution in [0.3, 0.4) is 0 Å². The number of tetrazole rings is 1. The second-order valence-corrected chi connectivity index (χ2v) is 7.80. The fraction of sp³-hybridized carbons (Fsp3) is 0.400. The predicted octanol–water partition coefficient (Wildman–Crippen LogP) is 4.20. The smallest absolute Gasteiger partial charge is 0.214 e. The number of aromatic nitrogens is 5. The molecular formula is C20H25N5OS. The first kappa shape index (κ1) is 19.4. The highest BCUT2D eigenvalue weighted by Crippen LogP contribution is 2.23. The number of Topliss-reactive ketones (excluding diaryl/α,β-unsaturated/α-hetero) is 1. The molecule has 0 aliphatic rings. The highest BCUT2D eigenvalue weighted by Gasteiger charge is 2.17. The van der Waals surface area contributed by atoms with Crippen molar-refractivity contribution in [2.75, 3.05) is 5.75 Å². The van der Waals surface area contributed by atoms with Gasteiger partial charge in [-0.2, -0.15) is 4.68 Å². The molecule has 0 atom stereocenters. The normalized spacial score (nSPS) is 11.3. The molecule has 3 rings (SSSR count). The molecule has 0 fully saturated rings. The van der Waals surface area contributed by atoms with Crippen LogP contribution in [0.4, 0.5) is 0 Å². The number of carbonyl (C=O) groups excluding carboxylic acids is 1. The monoisotopic (exact) mass is 383 g/mol. The molecule has 2 heterocycles. The molecule has 6 nitrogen and oxygen atoms in total. The van der Waals surface area contributed by atoms with Crippen molar-refractivity contribution in [3.63, 3.8) is 0 Å². The quantitative estimate of drug-likeness (QED) is 0.452. The predicted molar refractivity (Wildman–Crippen MR) is 108 cm³/mol. The Morgan fingerprint density at radius 2 is 1.89 bits per heavy atom. The molecule has 3 aromatic rings. The van der Waals surface area contributed by atoms with Crippen LogP contribution in [0, 0.1) is 13.8 Å². The van der Waals surface area contributed by atoms with Crippen molar-refractivity contribution in [2.24, 2.45) is 0 Å². The number of ketones is 1. The Bertz CT molecular complexity index is 940. The van der Waals surface area contributed by atoms with Crippen molar-refractivity contribution < 1.29 is 4.79 Å². The third-order valence-electron chi connectivity index (χ3n) is 4.77. The van der Waals surface area contributed by atoms with Crippen LogP contribution in [0.2, 0.25) is 0 Å². The van der Waals surface area contributed by atoms with Crippen molar-refractivity contribution in [1.29, 1.82) is 0 Å². The van der Waals surface area contributed by atoms with E-state index in [9.17, 15) is 4.79 Å².